The van der Waals surface area contributed by atoms with Crippen molar-refractivity contribution in [1.29, 1.82) is 0 Å². The number of alkyl halides is 2. The largest absolute Gasteiger partial charge is 0.248 e. The van der Waals surface area contributed by atoms with E-state index in [0.717, 1.165) is 12.8 Å². The Bertz CT molecular complexity index is 464. The molecule has 2 aliphatic carbocycles. The van der Waals surface area contributed by atoms with Crippen LogP contribution in [0.25, 0.3) is 0 Å². The van der Waals surface area contributed by atoms with Crippen LogP contribution in [0, 0.1) is 11.3 Å². The first kappa shape index (κ1) is 14.7. The van der Waals surface area contributed by atoms with Crippen molar-refractivity contribution in [3.8, 4) is 0 Å². The molecule has 3 aliphatic rings. The van der Waals surface area contributed by atoms with Gasteiger partial charge in [-0.25, -0.2) is 21.5 Å². The highest BCUT2D eigenvalue weighted by atomic mass is 32.2. The summed E-state index contributed by atoms with van der Waals surface area (Å²) in [6.07, 6.45) is 5.36. The number of nitrogens with zero attached hydrogens (tertiary/aromatic N) is 1. The molecule has 0 aromatic rings. The van der Waals surface area contributed by atoms with Gasteiger partial charge >= 0.3 is 0 Å². The summed E-state index contributed by atoms with van der Waals surface area (Å²) >= 11 is 0. The molecule has 0 aromatic heterocycles. The summed E-state index contributed by atoms with van der Waals surface area (Å²) in [4.78, 5) is 0. The van der Waals surface area contributed by atoms with Crippen molar-refractivity contribution in [3.05, 3.63) is 0 Å². The molecule has 0 aromatic carbocycles. The van der Waals surface area contributed by atoms with E-state index in [4.69, 9.17) is 0 Å². The molecular weight excluding hydrogens is 284 g/mol. The lowest BCUT2D eigenvalue weighted by molar-refractivity contribution is -0.0492. The van der Waals surface area contributed by atoms with Crippen molar-refractivity contribution in [1.82, 2.24) is 4.31 Å². The predicted octanol–water partition coefficient (Wildman–Crippen LogP) is 3.02. The van der Waals surface area contributed by atoms with Gasteiger partial charge in [-0.15, -0.1) is 0 Å². The molecule has 1 heterocycles. The Kier molecular flexibility index (Phi) is 3.60. The summed E-state index contributed by atoms with van der Waals surface area (Å²) in [6.45, 7) is 1.25. The fourth-order valence-corrected chi connectivity index (χ4v) is 6.19. The molecule has 0 N–H and O–H groups in total. The second-order valence-electron chi connectivity index (χ2n) is 7.07. The molecule has 3 nitrogen and oxygen atoms in total. The van der Waals surface area contributed by atoms with Crippen LogP contribution in [0.4, 0.5) is 8.78 Å². The average molecular weight is 307 g/mol. The molecule has 1 saturated heterocycles. The van der Waals surface area contributed by atoms with Crippen LogP contribution in [-0.4, -0.2) is 37.5 Å². The highest BCUT2D eigenvalue weighted by molar-refractivity contribution is 7.89. The summed E-state index contributed by atoms with van der Waals surface area (Å²) in [7, 11) is -3.34. The monoisotopic (exact) mass is 307 g/mol. The van der Waals surface area contributed by atoms with Crippen molar-refractivity contribution in [2.75, 3.05) is 18.8 Å². The fourth-order valence-electron chi connectivity index (χ4n) is 4.16. The van der Waals surface area contributed by atoms with Crippen LogP contribution >= 0.6 is 0 Å². The molecule has 1 aliphatic heterocycles. The van der Waals surface area contributed by atoms with Gasteiger partial charge in [0.1, 0.15) is 0 Å². The van der Waals surface area contributed by atoms with E-state index in [0.29, 0.717) is 25.9 Å². The molecule has 0 bridgehead atoms. The summed E-state index contributed by atoms with van der Waals surface area (Å²) in [6, 6.07) is 0. The van der Waals surface area contributed by atoms with Crippen LogP contribution in [0.1, 0.15) is 51.4 Å². The van der Waals surface area contributed by atoms with Gasteiger partial charge in [-0.2, -0.15) is 0 Å². The van der Waals surface area contributed by atoms with Crippen molar-refractivity contribution in [2.24, 2.45) is 11.3 Å². The maximum absolute atomic E-state index is 13.4. The zero-order chi connectivity index (χ0) is 14.4. The van der Waals surface area contributed by atoms with Gasteiger partial charge in [-0.3, -0.25) is 0 Å². The van der Waals surface area contributed by atoms with Gasteiger partial charge < -0.3 is 0 Å². The average Bonchev–Trinajstić information content (AvgIpc) is 2.73. The van der Waals surface area contributed by atoms with Gasteiger partial charge in [-0.1, -0.05) is 12.8 Å². The molecular formula is C14H23F2NO2S. The van der Waals surface area contributed by atoms with E-state index < -0.39 is 15.9 Å². The molecule has 1 spiro atoms. The normalized spacial score (nSPS) is 33.2. The van der Waals surface area contributed by atoms with Crippen LogP contribution in [0.2, 0.25) is 0 Å². The Morgan fingerprint density at radius 3 is 2.30 bits per heavy atom. The van der Waals surface area contributed by atoms with Gasteiger partial charge in [0.25, 0.3) is 0 Å². The van der Waals surface area contributed by atoms with E-state index in [-0.39, 0.29) is 29.9 Å². The summed E-state index contributed by atoms with van der Waals surface area (Å²) in [5.41, 5.74) is 0.226. The van der Waals surface area contributed by atoms with Crippen molar-refractivity contribution < 1.29 is 17.2 Å². The molecule has 2 saturated carbocycles. The Labute approximate surface area is 119 Å². The first-order chi connectivity index (χ1) is 9.30. The molecule has 1 atom stereocenters. The van der Waals surface area contributed by atoms with Crippen LogP contribution < -0.4 is 0 Å². The molecule has 1 unspecified atom stereocenters. The van der Waals surface area contributed by atoms with E-state index in [1.807, 2.05) is 0 Å². The van der Waals surface area contributed by atoms with Crippen LogP contribution in [0.3, 0.4) is 0 Å². The SMILES string of the molecule is O=S(=O)(CC1CCCC(F)(F)C1)N1CC2(CCCC2)C1. The third-order valence-electron chi connectivity index (χ3n) is 5.27. The Morgan fingerprint density at radius 1 is 1.05 bits per heavy atom. The number of hydrogen-bond acceptors (Lipinski definition) is 2. The number of halogens is 2. The van der Waals surface area contributed by atoms with Crippen LogP contribution in [0.5, 0.6) is 0 Å². The third-order valence-corrected chi connectivity index (χ3v) is 7.21. The minimum absolute atomic E-state index is 0.0847. The van der Waals surface area contributed by atoms with Gasteiger partial charge in [0.2, 0.25) is 15.9 Å². The summed E-state index contributed by atoms with van der Waals surface area (Å²) < 4.78 is 52.9. The second kappa shape index (κ2) is 4.90. The lowest BCUT2D eigenvalue weighted by atomic mass is 9.80. The summed E-state index contributed by atoms with van der Waals surface area (Å²) in [5, 5.41) is 0. The van der Waals surface area contributed by atoms with Crippen molar-refractivity contribution in [2.45, 2.75) is 57.3 Å². The molecule has 0 amide bonds. The first-order valence-corrected chi connectivity index (χ1v) is 9.27. The zero-order valence-electron chi connectivity index (χ0n) is 11.8. The standard InChI is InChI=1S/C14H23F2NO2S/c15-14(16)7-3-4-12(8-14)9-20(18,19)17-10-13(11-17)5-1-2-6-13/h12H,1-11H2. The minimum Gasteiger partial charge on any atom is -0.212 e. The van der Waals surface area contributed by atoms with Crippen LogP contribution in [0.15, 0.2) is 0 Å². The lowest BCUT2D eigenvalue weighted by Crippen LogP contribution is -2.58. The molecule has 3 rings (SSSR count). The number of rotatable bonds is 3. The molecule has 3 fully saturated rings. The van der Waals surface area contributed by atoms with E-state index >= 15 is 0 Å². The fraction of sp³-hybridized carbons (Fsp3) is 1.00. The Morgan fingerprint density at radius 2 is 1.70 bits per heavy atom. The van der Waals surface area contributed by atoms with Crippen LogP contribution in [-0.2, 0) is 10.0 Å². The van der Waals surface area contributed by atoms with E-state index in [2.05, 4.69) is 0 Å². The minimum atomic E-state index is -3.34. The Hall–Kier alpha value is -0.230. The van der Waals surface area contributed by atoms with Crippen molar-refractivity contribution in [3.63, 3.8) is 0 Å². The lowest BCUT2D eigenvalue weighted by Gasteiger charge is -2.47. The maximum Gasteiger partial charge on any atom is 0.248 e. The predicted molar refractivity (Wildman–Crippen MR) is 73.2 cm³/mol. The first-order valence-electron chi connectivity index (χ1n) is 7.66. The molecule has 0 radical (unpaired) electrons. The van der Waals surface area contributed by atoms with Crippen molar-refractivity contribution >= 4 is 10.0 Å². The van der Waals surface area contributed by atoms with E-state index in [1.165, 1.54) is 17.1 Å². The van der Waals surface area contributed by atoms with Gasteiger partial charge in [0, 0.05) is 25.9 Å². The smallest absolute Gasteiger partial charge is 0.212 e. The second-order valence-corrected chi connectivity index (χ2v) is 9.09. The highest BCUT2D eigenvalue weighted by Crippen LogP contribution is 2.47. The van der Waals surface area contributed by atoms with Gasteiger partial charge in [0.05, 0.1) is 5.75 Å². The molecule has 20 heavy (non-hydrogen) atoms. The highest BCUT2D eigenvalue weighted by Gasteiger charge is 2.49. The third kappa shape index (κ3) is 2.86. The molecule has 6 heteroatoms. The quantitative estimate of drug-likeness (QED) is 0.804. The Balaban J connectivity index is 1.57. The summed E-state index contributed by atoms with van der Waals surface area (Å²) in [5.74, 6) is -3.12. The maximum atomic E-state index is 13.4. The number of hydrogen-bond donors (Lipinski definition) is 0. The zero-order valence-corrected chi connectivity index (χ0v) is 12.6. The van der Waals surface area contributed by atoms with E-state index in [1.54, 1.807) is 0 Å². The molecule has 116 valence electrons. The van der Waals surface area contributed by atoms with Gasteiger partial charge in [0.15, 0.2) is 0 Å². The van der Waals surface area contributed by atoms with Gasteiger partial charge in [-0.05, 0) is 37.0 Å². The number of sulfonamides is 1. The van der Waals surface area contributed by atoms with E-state index in [9.17, 15) is 17.2 Å². The topological polar surface area (TPSA) is 37.4 Å².